The lowest BCUT2D eigenvalue weighted by atomic mass is 10.2. The summed E-state index contributed by atoms with van der Waals surface area (Å²) in [6.45, 7) is 2.55. The van der Waals surface area contributed by atoms with E-state index in [0.29, 0.717) is 12.4 Å². The Morgan fingerprint density at radius 2 is 2.27 bits per heavy atom. The van der Waals surface area contributed by atoms with Crippen molar-refractivity contribution in [3.8, 4) is 11.5 Å². The van der Waals surface area contributed by atoms with Crippen LogP contribution in [-0.4, -0.2) is 24.9 Å². The smallest absolute Gasteiger partial charge is 0.184 e. The number of benzene rings is 1. The fraction of sp³-hybridized carbons (Fsp3) is 0.455. The first-order valence-corrected chi connectivity index (χ1v) is 4.84. The van der Waals surface area contributed by atoms with Gasteiger partial charge in [-0.3, -0.25) is 0 Å². The zero-order valence-corrected chi connectivity index (χ0v) is 8.77. The quantitative estimate of drug-likeness (QED) is 0.809. The fourth-order valence-corrected chi connectivity index (χ4v) is 1.53. The average Bonchev–Trinajstić information content (AvgIpc) is 2.66. The van der Waals surface area contributed by atoms with Gasteiger partial charge in [0.15, 0.2) is 17.8 Å². The van der Waals surface area contributed by atoms with Crippen molar-refractivity contribution in [3.63, 3.8) is 0 Å². The molecule has 4 nitrogen and oxygen atoms in total. The van der Waals surface area contributed by atoms with Gasteiger partial charge in [0.2, 0.25) is 0 Å². The average molecular weight is 210 g/mol. The summed E-state index contributed by atoms with van der Waals surface area (Å²) in [4.78, 5) is 0. The van der Waals surface area contributed by atoms with E-state index < -0.39 is 0 Å². The number of phenols is 1. The van der Waals surface area contributed by atoms with Gasteiger partial charge in [-0.1, -0.05) is 6.07 Å². The molecule has 0 saturated carbocycles. The largest absolute Gasteiger partial charge is 0.504 e. The molecule has 82 valence electrons. The van der Waals surface area contributed by atoms with Gasteiger partial charge >= 0.3 is 0 Å². The summed E-state index contributed by atoms with van der Waals surface area (Å²) in [5, 5.41) is 9.42. The molecule has 0 bridgehead atoms. The molecule has 0 unspecified atom stereocenters. The molecule has 1 heterocycles. The molecule has 4 heteroatoms. The first kappa shape index (κ1) is 10.3. The minimum Gasteiger partial charge on any atom is -0.504 e. The van der Waals surface area contributed by atoms with Crippen LogP contribution in [0.2, 0.25) is 0 Å². The first-order valence-electron chi connectivity index (χ1n) is 4.84. The Morgan fingerprint density at radius 3 is 2.87 bits per heavy atom. The lowest BCUT2D eigenvalue weighted by Gasteiger charge is -2.12. The van der Waals surface area contributed by atoms with E-state index in [1.54, 1.807) is 18.2 Å². The van der Waals surface area contributed by atoms with Gasteiger partial charge in [-0.15, -0.1) is 0 Å². The highest BCUT2D eigenvalue weighted by Crippen LogP contribution is 2.33. The third kappa shape index (κ3) is 2.06. The van der Waals surface area contributed by atoms with E-state index >= 15 is 0 Å². The standard InChI is InChI=1S/C11H14O4/c1-7-6-14-11(15-7)8-3-4-9(12)10(5-8)13-2/h3-5,7,11-12H,6H2,1-2H3/t7-,11+/m0/s1. The number of aromatic hydroxyl groups is 1. The molecule has 15 heavy (non-hydrogen) atoms. The highest BCUT2D eigenvalue weighted by molar-refractivity contribution is 5.42. The second kappa shape index (κ2) is 4.08. The topological polar surface area (TPSA) is 47.9 Å². The van der Waals surface area contributed by atoms with E-state index in [1.165, 1.54) is 7.11 Å². The molecule has 0 spiro atoms. The Labute approximate surface area is 88.4 Å². The molecular weight excluding hydrogens is 196 g/mol. The van der Waals surface area contributed by atoms with Gasteiger partial charge in [0.05, 0.1) is 19.8 Å². The van der Waals surface area contributed by atoms with Gasteiger partial charge in [-0.05, 0) is 19.1 Å². The van der Waals surface area contributed by atoms with Crippen molar-refractivity contribution in [2.75, 3.05) is 13.7 Å². The molecule has 2 atom stereocenters. The van der Waals surface area contributed by atoms with E-state index in [2.05, 4.69) is 0 Å². The monoisotopic (exact) mass is 210 g/mol. The van der Waals surface area contributed by atoms with Crippen molar-refractivity contribution in [1.82, 2.24) is 0 Å². The number of hydrogen-bond acceptors (Lipinski definition) is 4. The van der Waals surface area contributed by atoms with Crippen LogP contribution >= 0.6 is 0 Å². The number of rotatable bonds is 2. The second-order valence-electron chi connectivity index (χ2n) is 3.54. The van der Waals surface area contributed by atoms with Crippen molar-refractivity contribution in [3.05, 3.63) is 23.8 Å². The lowest BCUT2D eigenvalue weighted by molar-refractivity contribution is -0.0573. The summed E-state index contributed by atoms with van der Waals surface area (Å²) in [7, 11) is 1.51. The molecule has 1 fully saturated rings. The van der Waals surface area contributed by atoms with Crippen LogP contribution in [0.1, 0.15) is 18.8 Å². The van der Waals surface area contributed by atoms with Gasteiger partial charge in [-0.25, -0.2) is 0 Å². The molecule has 1 saturated heterocycles. The van der Waals surface area contributed by atoms with Crippen LogP contribution in [0, 0.1) is 0 Å². The third-order valence-corrected chi connectivity index (χ3v) is 2.31. The molecule has 1 N–H and O–H groups in total. The molecule has 0 amide bonds. The van der Waals surface area contributed by atoms with Crippen LogP contribution in [0.15, 0.2) is 18.2 Å². The molecule has 0 aromatic heterocycles. The maximum Gasteiger partial charge on any atom is 0.184 e. The normalized spacial score (nSPS) is 25.5. The summed E-state index contributed by atoms with van der Waals surface area (Å²) in [6, 6.07) is 5.06. The minimum absolute atomic E-state index is 0.106. The van der Waals surface area contributed by atoms with Crippen LogP contribution in [0.4, 0.5) is 0 Å². The number of hydrogen-bond donors (Lipinski definition) is 1. The van der Waals surface area contributed by atoms with Crippen molar-refractivity contribution < 1.29 is 19.3 Å². The highest BCUT2D eigenvalue weighted by Gasteiger charge is 2.24. The zero-order valence-electron chi connectivity index (χ0n) is 8.77. The number of methoxy groups -OCH3 is 1. The van der Waals surface area contributed by atoms with Crippen LogP contribution in [0.25, 0.3) is 0 Å². The summed E-state index contributed by atoms with van der Waals surface area (Å²) >= 11 is 0. The van der Waals surface area contributed by atoms with Crippen LogP contribution < -0.4 is 4.74 Å². The minimum atomic E-state index is -0.352. The van der Waals surface area contributed by atoms with Crippen LogP contribution in [-0.2, 0) is 9.47 Å². The van der Waals surface area contributed by atoms with Crippen LogP contribution in [0.5, 0.6) is 11.5 Å². The van der Waals surface area contributed by atoms with Gasteiger partial charge in [0.1, 0.15) is 0 Å². The van der Waals surface area contributed by atoms with Crippen molar-refractivity contribution in [2.45, 2.75) is 19.3 Å². The molecule has 0 aliphatic carbocycles. The molecule has 2 rings (SSSR count). The SMILES string of the molecule is COc1cc([C@@H]2OC[C@H](C)O2)ccc1O. The van der Waals surface area contributed by atoms with E-state index in [4.69, 9.17) is 14.2 Å². The summed E-state index contributed by atoms with van der Waals surface area (Å²) in [5.41, 5.74) is 0.856. The molecule has 1 aliphatic rings. The Balaban J connectivity index is 2.21. The Hall–Kier alpha value is -1.26. The summed E-state index contributed by atoms with van der Waals surface area (Å²) < 4.78 is 16.0. The van der Waals surface area contributed by atoms with E-state index in [0.717, 1.165) is 5.56 Å². The molecule has 0 radical (unpaired) electrons. The second-order valence-corrected chi connectivity index (χ2v) is 3.54. The molecule has 1 aromatic rings. The van der Waals surface area contributed by atoms with Gasteiger partial charge < -0.3 is 19.3 Å². The van der Waals surface area contributed by atoms with E-state index in [1.807, 2.05) is 6.92 Å². The summed E-state index contributed by atoms with van der Waals surface area (Å²) in [6.07, 6.45) is -0.246. The maximum absolute atomic E-state index is 9.42. The van der Waals surface area contributed by atoms with Crippen LogP contribution in [0.3, 0.4) is 0 Å². The van der Waals surface area contributed by atoms with Gasteiger partial charge in [-0.2, -0.15) is 0 Å². The third-order valence-electron chi connectivity index (χ3n) is 2.31. The Bertz CT molecular complexity index is 350. The maximum atomic E-state index is 9.42. The van der Waals surface area contributed by atoms with E-state index in [9.17, 15) is 5.11 Å². The number of phenolic OH excluding ortho intramolecular Hbond substituents is 1. The fourth-order valence-electron chi connectivity index (χ4n) is 1.53. The van der Waals surface area contributed by atoms with Gasteiger partial charge in [0, 0.05) is 5.56 Å². The predicted octanol–water partition coefficient (Wildman–Crippen LogP) is 1.83. The van der Waals surface area contributed by atoms with E-state index in [-0.39, 0.29) is 18.1 Å². The lowest BCUT2D eigenvalue weighted by Crippen LogP contribution is -2.02. The van der Waals surface area contributed by atoms with Crippen molar-refractivity contribution in [2.24, 2.45) is 0 Å². The number of ether oxygens (including phenoxy) is 3. The zero-order chi connectivity index (χ0) is 10.8. The Morgan fingerprint density at radius 1 is 1.47 bits per heavy atom. The highest BCUT2D eigenvalue weighted by atomic mass is 16.7. The predicted molar refractivity (Wildman–Crippen MR) is 53.9 cm³/mol. The summed E-state index contributed by atoms with van der Waals surface area (Å²) in [5.74, 6) is 0.548. The Kier molecular flexibility index (Phi) is 2.79. The first-order chi connectivity index (χ1) is 7.20. The van der Waals surface area contributed by atoms with Crippen molar-refractivity contribution >= 4 is 0 Å². The van der Waals surface area contributed by atoms with Crippen molar-refractivity contribution in [1.29, 1.82) is 0 Å². The molecule has 1 aromatic carbocycles. The van der Waals surface area contributed by atoms with Gasteiger partial charge in [0.25, 0.3) is 0 Å². The molecular formula is C11H14O4. The molecule has 1 aliphatic heterocycles.